The Kier molecular flexibility index (Phi) is 6.24. The Morgan fingerprint density at radius 3 is 2.64 bits per heavy atom. The third kappa shape index (κ3) is 5.08. The Morgan fingerprint density at radius 1 is 1.15 bits per heavy atom. The number of hydrogen-bond donors (Lipinski definition) is 2. The first-order valence-electron chi connectivity index (χ1n) is 9.76. The van der Waals surface area contributed by atoms with Crippen LogP contribution >= 0.6 is 22.9 Å². The van der Waals surface area contributed by atoms with Crippen molar-refractivity contribution in [2.75, 3.05) is 11.7 Å². The predicted octanol–water partition coefficient (Wildman–Crippen LogP) is 4.48. The van der Waals surface area contributed by atoms with Crippen molar-refractivity contribution in [1.29, 1.82) is 0 Å². The minimum absolute atomic E-state index is 0.0743. The summed E-state index contributed by atoms with van der Waals surface area (Å²) in [6.45, 7) is 1.88. The molecule has 0 aliphatic carbocycles. The van der Waals surface area contributed by atoms with Gasteiger partial charge in [-0.05, 0) is 48.9 Å². The van der Waals surface area contributed by atoms with E-state index in [0.29, 0.717) is 10.7 Å². The monoisotopic (exact) mass is 501 g/mol. The summed E-state index contributed by atoms with van der Waals surface area (Å²) in [4.78, 5) is 16.8. The SMILES string of the molecule is C/C(=N\Nc1nc2ccccc2s1)c1ccc(-c2ccc(Cl)c(C(=O)NS(C)(=O)=O)c2)n1C. The Hall–Kier alpha value is -3.21. The Bertz CT molecular complexity index is 1470. The molecule has 0 fully saturated rings. The van der Waals surface area contributed by atoms with Gasteiger partial charge in [0, 0.05) is 12.7 Å². The highest BCUT2D eigenvalue weighted by atomic mass is 35.5. The van der Waals surface area contributed by atoms with Crippen LogP contribution in [0.25, 0.3) is 21.5 Å². The summed E-state index contributed by atoms with van der Waals surface area (Å²) >= 11 is 7.66. The number of para-hydroxylation sites is 1. The number of hydrogen-bond acceptors (Lipinski definition) is 7. The van der Waals surface area contributed by atoms with E-state index in [2.05, 4.69) is 15.5 Å². The number of halogens is 1. The number of thiazole rings is 1. The summed E-state index contributed by atoms with van der Waals surface area (Å²) in [5.41, 5.74) is 7.12. The van der Waals surface area contributed by atoms with Crippen molar-refractivity contribution < 1.29 is 13.2 Å². The molecule has 170 valence electrons. The summed E-state index contributed by atoms with van der Waals surface area (Å²) in [6, 6.07) is 16.6. The number of aromatic nitrogens is 2. The second-order valence-electron chi connectivity index (χ2n) is 7.36. The first kappa shape index (κ1) is 23.0. The van der Waals surface area contributed by atoms with Crippen LogP contribution < -0.4 is 10.1 Å². The van der Waals surface area contributed by atoms with Crippen molar-refractivity contribution in [2.24, 2.45) is 12.1 Å². The van der Waals surface area contributed by atoms with E-state index in [9.17, 15) is 13.2 Å². The maximum absolute atomic E-state index is 12.3. The maximum Gasteiger partial charge on any atom is 0.266 e. The van der Waals surface area contributed by atoms with Crippen molar-refractivity contribution in [1.82, 2.24) is 14.3 Å². The molecule has 0 spiro atoms. The minimum atomic E-state index is -3.71. The van der Waals surface area contributed by atoms with Gasteiger partial charge in [0.25, 0.3) is 5.91 Å². The highest BCUT2D eigenvalue weighted by Gasteiger charge is 2.17. The fourth-order valence-electron chi connectivity index (χ4n) is 3.36. The van der Waals surface area contributed by atoms with Gasteiger partial charge in [0.05, 0.1) is 38.5 Å². The fraction of sp³-hybridized carbons (Fsp3) is 0.136. The van der Waals surface area contributed by atoms with Crippen molar-refractivity contribution >= 4 is 59.9 Å². The number of sulfonamides is 1. The molecule has 2 aromatic heterocycles. The fourth-order valence-corrected chi connectivity index (χ4v) is 4.81. The summed E-state index contributed by atoms with van der Waals surface area (Å²) in [6.07, 6.45) is 0.913. The molecule has 33 heavy (non-hydrogen) atoms. The van der Waals surface area contributed by atoms with Gasteiger partial charge in [0.2, 0.25) is 15.2 Å². The molecule has 0 aliphatic rings. The number of hydrazone groups is 1. The van der Waals surface area contributed by atoms with Gasteiger partial charge in [-0.15, -0.1) is 0 Å². The minimum Gasteiger partial charge on any atom is -0.343 e. The van der Waals surface area contributed by atoms with Gasteiger partial charge < -0.3 is 4.57 Å². The van der Waals surface area contributed by atoms with Crippen LogP contribution in [0.2, 0.25) is 5.02 Å². The smallest absolute Gasteiger partial charge is 0.266 e. The van der Waals surface area contributed by atoms with Gasteiger partial charge in [-0.1, -0.05) is 41.1 Å². The Labute approximate surface area is 200 Å². The number of nitrogens with zero attached hydrogens (tertiary/aromatic N) is 3. The molecule has 2 N–H and O–H groups in total. The number of anilines is 1. The summed E-state index contributed by atoms with van der Waals surface area (Å²) in [7, 11) is -1.83. The van der Waals surface area contributed by atoms with Crippen LogP contribution in [-0.2, 0) is 17.1 Å². The van der Waals surface area contributed by atoms with Crippen LogP contribution in [0.15, 0.2) is 59.7 Å². The van der Waals surface area contributed by atoms with Gasteiger partial charge in [-0.2, -0.15) is 5.10 Å². The van der Waals surface area contributed by atoms with Crippen LogP contribution in [0, 0.1) is 0 Å². The molecule has 0 bridgehead atoms. The number of amides is 1. The van der Waals surface area contributed by atoms with E-state index >= 15 is 0 Å². The molecular weight excluding hydrogens is 482 g/mol. The molecule has 0 atom stereocenters. The van der Waals surface area contributed by atoms with Gasteiger partial charge in [-0.3, -0.25) is 10.2 Å². The molecule has 0 saturated carbocycles. The number of rotatable bonds is 6. The van der Waals surface area contributed by atoms with Crippen LogP contribution in [0.5, 0.6) is 0 Å². The molecule has 4 rings (SSSR count). The normalized spacial score (nSPS) is 12.2. The van der Waals surface area contributed by atoms with Crippen LogP contribution in [0.4, 0.5) is 5.13 Å². The standard InChI is InChI=1S/C22H20ClN5O3S2/c1-13(25-26-22-24-17-6-4-5-7-20(17)32-22)18-10-11-19(28(18)2)14-8-9-16(23)15(12-14)21(29)27-33(3,30)31/h4-12H,1-3H3,(H,24,26)(H,27,29)/b25-13+. The summed E-state index contributed by atoms with van der Waals surface area (Å²) in [5, 5.41) is 5.33. The molecule has 11 heteroatoms. The molecule has 0 saturated heterocycles. The number of fused-ring (bicyclic) bond motifs is 1. The molecule has 0 aliphatic heterocycles. The lowest BCUT2D eigenvalue weighted by atomic mass is 10.1. The van der Waals surface area contributed by atoms with Gasteiger partial charge >= 0.3 is 0 Å². The maximum atomic E-state index is 12.3. The average molecular weight is 502 g/mol. The van der Waals surface area contributed by atoms with Gasteiger partial charge in [-0.25, -0.2) is 18.1 Å². The predicted molar refractivity (Wildman–Crippen MR) is 134 cm³/mol. The van der Waals surface area contributed by atoms with Crippen LogP contribution in [0.1, 0.15) is 23.0 Å². The van der Waals surface area contributed by atoms with Gasteiger partial charge in [0.15, 0.2) is 0 Å². The molecule has 2 heterocycles. The zero-order valence-corrected chi connectivity index (χ0v) is 20.3. The zero-order valence-electron chi connectivity index (χ0n) is 18.0. The first-order valence-corrected chi connectivity index (χ1v) is 12.8. The lowest BCUT2D eigenvalue weighted by molar-refractivity contribution is 0.0982. The van der Waals surface area contributed by atoms with Crippen LogP contribution in [-0.4, -0.2) is 35.8 Å². The number of carbonyl (C=O) groups excluding carboxylic acids is 1. The average Bonchev–Trinajstić information content (AvgIpc) is 3.34. The molecule has 2 aromatic carbocycles. The van der Waals surface area contributed by atoms with E-state index in [0.717, 1.165) is 33.6 Å². The number of benzene rings is 2. The van der Waals surface area contributed by atoms with Crippen molar-refractivity contribution in [3.63, 3.8) is 0 Å². The molecule has 1 amide bonds. The van der Waals surface area contributed by atoms with Crippen molar-refractivity contribution in [3.05, 3.63) is 70.9 Å². The van der Waals surface area contributed by atoms with E-state index in [1.54, 1.807) is 18.2 Å². The van der Waals surface area contributed by atoms with Crippen molar-refractivity contribution in [2.45, 2.75) is 6.92 Å². The van der Waals surface area contributed by atoms with E-state index in [-0.39, 0.29) is 10.6 Å². The molecule has 0 radical (unpaired) electrons. The third-order valence-corrected chi connectivity index (χ3v) is 6.72. The van der Waals surface area contributed by atoms with E-state index < -0.39 is 15.9 Å². The lowest BCUT2D eigenvalue weighted by Gasteiger charge is -2.11. The quantitative estimate of drug-likeness (QED) is 0.299. The second-order valence-corrected chi connectivity index (χ2v) is 10.5. The lowest BCUT2D eigenvalue weighted by Crippen LogP contribution is -2.29. The second kappa shape index (κ2) is 8.97. The molecular formula is C22H20ClN5O3S2. The van der Waals surface area contributed by atoms with Gasteiger partial charge in [0.1, 0.15) is 0 Å². The summed E-state index contributed by atoms with van der Waals surface area (Å²) < 4.78 is 27.8. The van der Waals surface area contributed by atoms with Crippen molar-refractivity contribution in [3.8, 4) is 11.3 Å². The third-order valence-electron chi connectivity index (χ3n) is 4.89. The molecule has 0 unspecified atom stereocenters. The number of nitrogens with one attached hydrogen (secondary N) is 2. The Morgan fingerprint density at radius 2 is 1.91 bits per heavy atom. The highest BCUT2D eigenvalue weighted by Crippen LogP contribution is 2.28. The van der Waals surface area contributed by atoms with E-state index in [4.69, 9.17) is 11.6 Å². The summed E-state index contributed by atoms with van der Waals surface area (Å²) in [5.74, 6) is -0.781. The largest absolute Gasteiger partial charge is 0.343 e. The topological polar surface area (TPSA) is 105 Å². The Balaban J connectivity index is 1.60. The highest BCUT2D eigenvalue weighted by molar-refractivity contribution is 7.89. The zero-order chi connectivity index (χ0) is 23.8. The number of carbonyl (C=O) groups is 1. The van der Waals surface area contributed by atoms with Crippen LogP contribution in [0.3, 0.4) is 0 Å². The van der Waals surface area contributed by atoms with E-state index in [1.807, 2.05) is 59.7 Å². The van der Waals surface area contributed by atoms with E-state index in [1.165, 1.54) is 11.3 Å². The first-order chi connectivity index (χ1) is 15.6. The molecule has 4 aromatic rings. The molecule has 8 nitrogen and oxygen atoms in total.